The van der Waals surface area contributed by atoms with E-state index in [2.05, 4.69) is 14.7 Å². The molecule has 0 saturated carbocycles. The van der Waals surface area contributed by atoms with Gasteiger partial charge < -0.3 is 10.0 Å². The lowest BCUT2D eigenvalue weighted by atomic mass is 9.88. The van der Waals surface area contributed by atoms with Crippen molar-refractivity contribution < 1.29 is 26.7 Å². The van der Waals surface area contributed by atoms with Gasteiger partial charge in [0.15, 0.2) is 0 Å². The molecular formula is C23H26N4O6S2. The normalized spacial score (nSPS) is 16.2. The van der Waals surface area contributed by atoms with Crippen LogP contribution in [0.2, 0.25) is 0 Å². The molecule has 1 aliphatic heterocycles. The van der Waals surface area contributed by atoms with Gasteiger partial charge in [0.05, 0.1) is 16.9 Å². The summed E-state index contributed by atoms with van der Waals surface area (Å²) >= 11 is 0. The van der Waals surface area contributed by atoms with Crippen molar-refractivity contribution in [3.05, 3.63) is 60.4 Å². The Balaban J connectivity index is 1.41. The lowest BCUT2D eigenvalue weighted by molar-refractivity contribution is -0.0187. The maximum absolute atomic E-state index is 12.9. The standard InChI is InChI=1S/C23H26N4O6S2/c1-34(30,31)16-11-23(29)9-14-27(15-10-23)22(28)17-5-7-18(8-6-17)26-35(32,33)20-4-2-3-19-21(20)25-13-12-24-19/h2-8,12-13,26,29H,9-11,14-16H2,1H3. The third-order valence-corrected chi connectivity index (χ3v) is 8.41. The van der Waals surface area contributed by atoms with Gasteiger partial charge in [0, 0.05) is 43.0 Å². The Hall–Kier alpha value is -3.09. The van der Waals surface area contributed by atoms with Crippen LogP contribution in [-0.4, -0.2) is 73.4 Å². The highest BCUT2D eigenvalue weighted by atomic mass is 32.2. The highest BCUT2D eigenvalue weighted by molar-refractivity contribution is 7.93. The fourth-order valence-electron chi connectivity index (χ4n) is 4.01. The van der Waals surface area contributed by atoms with Crippen LogP contribution in [0.1, 0.15) is 29.6 Å². The molecule has 2 aromatic carbocycles. The van der Waals surface area contributed by atoms with Crippen LogP contribution in [0, 0.1) is 0 Å². The topological polar surface area (TPSA) is 147 Å². The number of hydrogen-bond donors (Lipinski definition) is 2. The summed E-state index contributed by atoms with van der Waals surface area (Å²) in [6.45, 7) is 0.602. The molecule has 1 saturated heterocycles. The van der Waals surface area contributed by atoms with Crippen LogP contribution in [0.3, 0.4) is 0 Å². The van der Waals surface area contributed by atoms with Crippen molar-refractivity contribution in [2.45, 2.75) is 29.8 Å². The fourth-order valence-corrected chi connectivity index (χ4v) is 5.98. The van der Waals surface area contributed by atoms with Gasteiger partial charge in [-0.1, -0.05) is 6.07 Å². The molecule has 0 spiro atoms. The van der Waals surface area contributed by atoms with E-state index in [0.29, 0.717) is 37.0 Å². The maximum Gasteiger partial charge on any atom is 0.264 e. The van der Waals surface area contributed by atoms with Crippen molar-refractivity contribution in [2.24, 2.45) is 0 Å². The molecule has 186 valence electrons. The van der Waals surface area contributed by atoms with Crippen molar-refractivity contribution in [2.75, 3.05) is 29.8 Å². The lowest BCUT2D eigenvalue weighted by Gasteiger charge is -2.38. The number of piperidine rings is 1. The van der Waals surface area contributed by atoms with E-state index in [1.807, 2.05) is 0 Å². The number of likely N-dealkylation sites (tertiary alicyclic amines) is 1. The minimum Gasteiger partial charge on any atom is -0.390 e. The van der Waals surface area contributed by atoms with Crippen LogP contribution in [0.25, 0.3) is 11.0 Å². The molecule has 0 radical (unpaired) electrons. The van der Waals surface area contributed by atoms with Crippen LogP contribution >= 0.6 is 0 Å². The molecule has 4 rings (SSSR count). The van der Waals surface area contributed by atoms with E-state index in [4.69, 9.17) is 0 Å². The molecule has 2 heterocycles. The van der Waals surface area contributed by atoms with Gasteiger partial charge >= 0.3 is 0 Å². The predicted octanol–water partition coefficient (Wildman–Crippen LogP) is 1.83. The number of amides is 1. The van der Waals surface area contributed by atoms with Crippen molar-refractivity contribution in [1.82, 2.24) is 14.9 Å². The molecule has 3 aromatic rings. The van der Waals surface area contributed by atoms with Crippen molar-refractivity contribution in [1.29, 1.82) is 0 Å². The average molecular weight is 519 g/mol. The van der Waals surface area contributed by atoms with Gasteiger partial charge in [-0.3, -0.25) is 19.5 Å². The number of carbonyl (C=O) groups is 1. The highest BCUT2D eigenvalue weighted by Gasteiger charge is 2.34. The van der Waals surface area contributed by atoms with Crippen molar-refractivity contribution in [3.63, 3.8) is 0 Å². The average Bonchev–Trinajstić information content (AvgIpc) is 2.82. The zero-order valence-corrected chi connectivity index (χ0v) is 20.7. The summed E-state index contributed by atoms with van der Waals surface area (Å²) in [6, 6.07) is 10.8. The van der Waals surface area contributed by atoms with Gasteiger partial charge in [0.2, 0.25) is 0 Å². The van der Waals surface area contributed by atoms with E-state index < -0.39 is 25.5 Å². The number of sulfonamides is 1. The van der Waals surface area contributed by atoms with E-state index in [0.717, 1.165) is 6.26 Å². The second kappa shape index (κ2) is 9.51. The first-order chi connectivity index (χ1) is 16.5. The first-order valence-corrected chi connectivity index (χ1v) is 14.5. The third-order valence-electron chi connectivity index (χ3n) is 6.05. The third kappa shape index (κ3) is 5.95. The zero-order chi connectivity index (χ0) is 25.3. The molecule has 12 heteroatoms. The summed E-state index contributed by atoms with van der Waals surface area (Å²) < 4.78 is 51.2. The van der Waals surface area contributed by atoms with Crippen molar-refractivity contribution >= 4 is 42.5 Å². The van der Waals surface area contributed by atoms with E-state index in [1.165, 1.54) is 42.7 Å². The predicted molar refractivity (Wildman–Crippen MR) is 131 cm³/mol. The summed E-state index contributed by atoms with van der Waals surface area (Å²) in [5.74, 6) is -0.339. The van der Waals surface area contributed by atoms with E-state index >= 15 is 0 Å². The van der Waals surface area contributed by atoms with E-state index in [-0.39, 0.29) is 34.2 Å². The molecule has 2 N–H and O–H groups in total. The number of aromatic nitrogens is 2. The van der Waals surface area contributed by atoms with Gasteiger partial charge in [-0.2, -0.15) is 0 Å². The molecular weight excluding hydrogens is 492 g/mol. The molecule has 0 aliphatic carbocycles. The van der Waals surface area contributed by atoms with Gasteiger partial charge in [-0.15, -0.1) is 0 Å². The summed E-state index contributed by atoms with van der Waals surface area (Å²) in [5.41, 5.74) is 0.285. The Morgan fingerprint density at radius 3 is 2.34 bits per heavy atom. The first-order valence-electron chi connectivity index (χ1n) is 11.0. The number of benzene rings is 2. The fraction of sp³-hybridized carbons (Fsp3) is 0.348. The smallest absolute Gasteiger partial charge is 0.264 e. The molecule has 1 amide bonds. The SMILES string of the molecule is CS(=O)(=O)CCC1(O)CCN(C(=O)c2ccc(NS(=O)(=O)c3cccc4nccnc34)cc2)CC1. The Morgan fingerprint density at radius 2 is 1.69 bits per heavy atom. The van der Waals surface area contributed by atoms with Gasteiger partial charge in [-0.05, 0) is 55.7 Å². The molecule has 0 bridgehead atoms. The zero-order valence-electron chi connectivity index (χ0n) is 19.1. The van der Waals surface area contributed by atoms with Crippen LogP contribution < -0.4 is 4.72 Å². The first kappa shape index (κ1) is 25.0. The van der Waals surface area contributed by atoms with Gasteiger partial charge in [0.1, 0.15) is 20.2 Å². The second-order valence-electron chi connectivity index (χ2n) is 8.76. The summed E-state index contributed by atoms with van der Waals surface area (Å²) in [5, 5.41) is 10.6. The lowest BCUT2D eigenvalue weighted by Crippen LogP contribution is -2.47. The summed E-state index contributed by atoms with van der Waals surface area (Å²) in [7, 11) is -7.12. The summed E-state index contributed by atoms with van der Waals surface area (Å²) in [6.07, 6.45) is 4.77. The molecule has 0 atom stereocenters. The number of fused-ring (bicyclic) bond motifs is 1. The van der Waals surface area contributed by atoms with Crippen LogP contribution in [-0.2, 0) is 19.9 Å². The number of hydrogen-bond acceptors (Lipinski definition) is 8. The largest absolute Gasteiger partial charge is 0.390 e. The number of anilines is 1. The van der Waals surface area contributed by atoms with Gasteiger partial charge in [-0.25, -0.2) is 16.8 Å². The quantitative estimate of drug-likeness (QED) is 0.482. The van der Waals surface area contributed by atoms with Crippen LogP contribution in [0.4, 0.5) is 5.69 Å². The molecule has 0 unspecified atom stereocenters. The Labute approximate surface area is 204 Å². The number of sulfone groups is 1. The van der Waals surface area contributed by atoms with E-state index in [1.54, 1.807) is 17.0 Å². The van der Waals surface area contributed by atoms with Crippen LogP contribution in [0.5, 0.6) is 0 Å². The van der Waals surface area contributed by atoms with Crippen LogP contribution in [0.15, 0.2) is 59.8 Å². The monoisotopic (exact) mass is 518 g/mol. The van der Waals surface area contributed by atoms with Crippen molar-refractivity contribution in [3.8, 4) is 0 Å². The highest BCUT2D eigenvalue weighted by Crippen LogP contribution is 2.28. The number of rotatable bonds is 7. The number of nitrogens with zero attached hydrogens (tertiary/aromatic N) is 3. The molecule has 1 fully saturated rings. The maximum atomic E-state index is 12.9. The van der Waals surface area contributed by atoms with E-state index in [9.17, 15) is 26.7 Å². The molecule has 10 nitrogen and oxygen atoms in total. The number of para-hydroxylation sites is 1. The summed E-state index contributed by atoms with van der Waals surface area (Å²) in [4.78, 5) is 22.7. The van der Waals surface area contributed by atoms with Gasteiger partial charge in [0.25, 0.3) is 15.9 Å². The molecule has 35 heavy (non-hydrogen) atoms. The number of nitrogens with one attached hydrogen (secondary N) is 1. The molecule has 1 aliphatic rings. The molecule has 1 aromatic heterocycles. The minimum absolute atomic E-state index is 0.0000652. The Morgan fingerprint density at radius 1 is 1.03 bits per heavy atom. The number of carbonyl (C=O) groups excluding carboxylic acids is 1. The number of aliphatic hydroxyl groups is 1. The second-order valence-corrected chi connectivity index (χ2v) is 12.7. The Bertz CT molecular complexity index is 1440. The minimum atomic E-state index is -3.94. The Kier molecular flexibility index (Phi) is 6.80.